The number of esters is 1. The number of benzene rings is 2. The fourth-order valence-corrected chi connectivity index (χ4v) is 1.23. The first-order valence-electron chi connectivity index (χ1n) is 4.68. The Morgan fingerprint density at radius 3 is 1.88 bits per heavy atom. The molecular formula is C13H10CuO2. The summed E-state index contributed by atoms with van der Waals surface area (Å²) in [6, 6.07) is 18.0. The van der Waals surface area contributed by atoms with Gasteiger partial charge in [-0.2, -0.15) is 0 Å². The molecule has 0 fully saturated rings. The predicted octanol–water partition coefficient (Wildman–Crippen LogP) is 2.90. The van der Waals surface area contributed by atoms with Gasteiger partial charge in [-0.1, -0.05) is 36.4 Å². The van der Waals surface area contributed by atoms with Crippen LogP contribution in [0.15, 0.2) is 60.7 Å². The van der Waals surface area contributed by atoms with Crippen molar-refractivity contribution in [3.8, 4) is 5.75 Å². The van der Waals surface area contributed by atoms with Gasteiger partial charge in [0.2, 0.25) is 0 Å². The number of hydrogen-bond donors (Lipinski definition) is 0. The summed E-state index contributed by atoms with van der Waals surface area (Å²) in [5.41, 5.74) is 0.557. The first kappa shape index (κ1) is 12.5. The third kappa shape index (κ3) is 3.23. The van der Waals surface area contributed by atoms with E-state index in [1.807, 2.05) is 36.4 Å². The molecule has 0 spiro atoms. The van der Waals surface area contributed by atoms with E-state index in [2.05, 4.69) is 0 Å². The largest absolute Gasteiger partial charge is 0.423 e. The van der Waals surface area contributed by atoms with E-state index in [9.17, 15) is 4.79 Å². The molecule has 0 saturated heterocycles. The predicted molar refractivity (Wildman–Crippen MR) is 57.8 cm³/mol. The minimum atomic E-state index is -0.332. The molecule has 0 aliphatic heterocycles. The fourth-order valence-electron chi connectivity index (χ4n) is 1.23. The average Bonchev–Trinajstić information content (AvgIpc) is 2.31. The molecule has 16 heavy (non-hydrogen) atoms. The topological polar surface area (TPSA) is 26.3 Å². The molecule has 2 aromatic rings. The van der Waals surface area contributed by atoms with E-state index in [0.717, 1.165) is 0 Å². The van der Waals surface area contributed by atoms with Crippen molar-refractivity contribution in [1.29, 1.82) is 0 Å². The zero-order chi connectivity index (χ0) is 10.5. The summed E-state index contributed by atoms with van der Waals surface area (Å²) in [5.74, 6) is 0.230. The van der Waals surface area contributed by atoms with Crippen LogP contribution in [0.5, 0.6) is 5.75 Å². The third-order valence-electron chi connectivity index (χ3n) is 1.96. The van der Waals surface area contributed by atoms with E-state index >= 15 is 0 Å². The molecule has 0 aromatic heterocycles. The van der Waals surface area contributed by atoms with Crippen molar-refractivity contribution in [3.05, 3.63) is 66.2 Å². The van der Waals surface area contributed by atoms with E-state index in [4.69, 9.17) is 4.74 Å². The molecule has 2 rings (SSSR count). The summed E-state index contributed by atoms with van der Waals surface area (Å²) < 4.78 is 5.16. The van der Waals surface area contributed by atoms with Crippen LogP contribution >= 0.6 is 0 Å². The van der Waals surface area contributed by atoms with Crippen molar-refractivity contribution >= 4 is 5.97 Å². The van der Waals surface area contributed by atoms with Crippen LogP contribution in [0.4, 0.5) is 0 Å². The summed E-state index contributed by atoms with van der Waals surface area (Å²) >= 11 is 0. The van der Waals surface area contributed by atoms with Gasteiger partial charge in [-0.15, -0.1) is 0 Å². The maximum absolute atomic E-state index is 11.6. The minimum absolute atomic E-state index is 0. The second kappa shape index (κ2) is 6.11. The zero-order valence-corrected chi connectivity index (χ0v) is 9.33. The van der Waals surface area contributed by atoms with Crippen LogP contribution in [-0.4, -0.2) is 5.97 Å². The Morgan fingerprint density at radius 2 is 1.31 bits per heavy atom. The van der Waals surface area contributed by atoms with Crippen LogP contribution in [0.25, 0.3) is 0 Å². The number of carbonyl (C=O) groups excluding carboxylic acids is 1. The Hall–Kier alpha value is -1.57. The van der Waals surface area contributed by atoms with Crippen molar-refractivity contribution in [1.82, 2.24) is 0 Å². The molecule has 0 amide bonds. The van der Waals surface area contributed by atoms with Crippen molar-refractivity contribution in [2.24, 2.45) is 0 Å². The third-order valence-corrected chi connectivity index (χ3v) is 1.96. The van der Waals surface area contributed by atoms with E-state index in [-0.39, 0.29) is 23.0 Å². The van der Waals surface area contributed by atoms with Crippen LogP contribution in [0.3, 0.4) is 0 Å². The van der Waals surface area contributed by atoms with Crippen LogP contribution in [0, 0.1) is 0 Å². The molecule has 2 aromatic carbocycles. The standard InChI is InChI=1S/C13H10O2.Cu/c14-13(11-7-3-1-4-8-11)15-12-9-5-2-6-10-12;/h1-10H;. The van der Waals surface area contributed by atoms with Crippen molar-refractivity contribution in [2.75, 3.05) is 0 Å². The quantitative estimate of drug-likeness (QED) is 0.472. The minimum Gasteiger partial charge on any atom is -0.423 e. The van der Waals surface area contributed by atoms with Gasteiger partial charge in [-0.25, -0.2) is 4.79 Å². The Bertz CT molecular complexity index is 440. The van der Waals surface area contributed by atoms with Crippen LogP contribution < -0.4 is 4.74 Å². The van der Waals surface area contributed by atoms with Gasteiger partial charge in [-0.3, -0.25) is 0 Å². The molecule has 0 aliphatic carbocycles. The summed E-state index contributed by atoms with van der Waals surface area (Å²) in [5, 5.41) is 0. The molecule has 0 atom stereocenters. The van der Waals surface area contributed by atoms with Gasteiger partial charge >= 0.3 is 5.97 Å². The SMILES string of the molecule is O=C(Oc1ccccc1)c1ccccc1.[Cu]. The molecule has 0 heterocycles. The summed E-state index contributed by atoms with van der Waals surface area (Å²) in [7, 11) is 0. The Balaban J connectivity index is 0.00000128. The molecule has 1 radical (unpaired) electrons. The van der Waals surface area contributed by atoms with E-state index in [1.165, 1.54) is 0 Å². The molecule has 3 heteroatoms. The first-order valence-corrected chi connectivity index (χ1v) is 4.68. The van der Waals surface area contributed by atoms with Gasteiger partial charge in [0.1, 0.15) is 5.75 Å². The van der Waals surface area contributed by atoms with Crippen molar-refractivity contribution < 1.29 is 26.6 Å². The first-order chi connectivity index (χ1) is 7.36. The normalized spacial score (nSPS) is 9.00. The second-order valence-electron chi connectivity index (χ2n) is 3.07. The maximum atomic E-state index is 11.6. The van der Waals surface area contributed by atoms with Crippen LogP contribution in [0.2, 0.25) is 0 Å². The average molecular weight is 262 g/mol. The van der Waals surface area contributed by atoms with Gasteiger partial charge < -0.3 is 4.74 Å². The van der Waals surface area contributed by atoms with Gasteiger partial charge in [-0.05, 0) is 24.3 Å². The van der Waals surface area contributed by atoms with E-state index in [1.54, 1.807) is 24.3 Å². The second-order valence-corrected chi connectivity index (χ2v) is 3.07. The summed E-state index contributed by atoms with van der Waals surface area (Å²) in [6.45, 7) is 0. The van der Waals surface area contributed by atoms with Crippen LogP contribution in [-0.2, 0) is 17.1 Å². The zero-order valence-electron chi connectivity index (χ0n) is 8.39. The summed E-state index contributed by atoms with van der Waals surface area (Å²) in [4.78, 5) is 11.6. The van der Waals surface area contributed by atoms with Gasteiger partial charge in [0, 0.05) is 17.1 Å². The number of ether oxygens (including phenoxy) is 1. The molecule has 2 nitrogen and oxygen atoms in total. The molecule has 85 valence electrons. The summed E-state index contributed by atoms with van der Waals surface area (Å²) in [6.07, 6.45) is 0. The molecule has 0 bridgehead atoms. The van der Waals surface area contributed by atoms with Gasteiger partial charge in [0.05, 0.1) is 5.56 Å². The van der Waals surface area contributed by atoms with Crippen LogP contribution in [0.1, 0.15) is 10.4 Å². The number of rotatable bonds is 2. The molecule has 0 aliphatic rings. The van der Waals surface area contributed by atoms with E-state index < -0.39 is 0 Å². The Labute approximate surface area is 105 Å². The molecule has 0 saturated carbocycles. The molecule has 0 N–H and O–H groups in total. The maximum Gasteiger partial charge on any atom is 0.343 e. The van der Waals surface area contributed by atoms with Crippen molar-refractivity contribution in [3.63, 3.8) is 0 Å². The smallest absolute Gasteiger partial charge is 0.343 e. The van der Waals surface area contributed by atoms with Gasteiger partial charge in [0.25, 0.3) is 0 Å². The van der Waals surface area contributed by atoms with E-state index in [0.29, 0.717) is 11.3 Å². The Kier molecular flexibility index (Phi) is 4.77. The molecular weight excluding hydrogens is 252 g/mol. The van der Waals surface area contributed by atoms with Gasteiger partial charge in [0.15, 0.2) is 0 Å². The Morgan fingerprint density at radius 1 is 0.812 bits per heavy atom. The molecule has 0 unspecified atom stereocenters. The monoisotopic (exact) mass is 261 g/mol. The number of para-hydroxylation sites is 1. The number of carbonyl (C=O) groups is 1. The fraction of sp³-hybridized carbons (Fsp3) is 0. The number of hydrogen-bond acceptors (Lipinski definition) is 2. The van der Waals surface area contributed by atoms with Crippen molar-refractivity contribution in [2.45, 2.75) is 0 Å².